The first kappa shape index (κ1) is 27.0. The van der Waals surface area contributed by atoms with Gasteiger partial charge < -0.3 is 10.1 Å². The van der Waals surface area contributed by atoms with Crippen molar-refractivity contribution in [2.45, 2.75) is 57.5 Å². The van der Waals surface area contributed by atoms with Gasteiger partial charge in [0.1, 0.15) is 12.1 Å². The number of hydrogen-bond acceptors (Lipinski definition) is 7. The summed E-state index contributed by atoms with van der Waals surface area (Å²) in [5, 5.41) is 16.7. The Morgan fingerprint density at radius 2 is 1.54 bits per heavy atom. The van der Waals surface area contributed by atoms with E-state index in [-0.39, 0.29) is 12.1 Å². The van der Waals surface area contributed by atoms with Gasteiger partial charge in [0.15, 0.2) is 0 Å². The van der Waals surface area contributed by atoms with Crippen LogP contribution in [0.15, 0.2) is 78.9 Å². The van der Waals surface area contributed by atoms with Gasteiger partial charge in [0, 0.05) is 24.3 Å². The third-order valence-corrected chi connectivity index (χ3v) is 8.15. The van der Waals surface area contributed by atoms with E-state index in [0.29, 0.717) is 24.5 Å². The lowest BCUT2D eigenvalue weighted by molar-refractivity contribution is -0.151. The molecule has 1 aromatic heterocycles. The molecule has 0 saturated heterocycles. The van der Waals surface area contributed by atoms with Crippen LogP contribution in [0.3, 0.4) is 0 Å². The minimum Gasteiger partial charge on any atom is -0.461 e. The number of esters is 1. The van der Waals surface area contributed by atoms with E-state index in [4.69, 9.17) is 9.94 Å². The predicted molar refractivity (Wildman–Crippen MR) is 152 cm³/mol. The van der Waals surface area contributed by atoms with Crippen molar-refractivity contribution in [3.05, 3.63) is 106 Å². The number of ether oxygens (including phenoxy) is 1. The molecule has 0 radical (unpaired) electrons. The molecule has 1 amide bonds. The van der Waals surface area contributed by atoms with E-state index < -0.39 is 11.9 Å². The Hall–Kier alpha value is -3.56. The third-order valence-electron chi connectivity index (χ3n) is 7.05. The standard InChI is InChI=1S/C31H33N3O4S/c35-30(34-37)28-17-25-15-14-23(16-27(25)39-28)19-32-18-21-10-12-22(13-11-21)20-33-29(24-6-2-1-3-7-24)31(36)38-26-8-4-5-9-26/h1-3,6-7,10-17,26,29,32-33,37H,4-5,8-9,18-20H2,(H,34,35). The Morgan fingerprint density at radius 1 is 0.872 bits per heavy atom. The molecular weight excluding hydrogens is 510 g/mol. The first-order valence-corrected chi connectivity index (χ1v) is 14.1. The molecule has 1 saturated carbocycles. The van der Waals surface area contributed by atoms with Crippen LogP contribution >= 0.6 is 11.3 Å². The molecule has 39 heavy (non-hydrogen) atoms. The molecule has 0 bridgehead atoms. The van der Waals surface area contributed by atoms with Crippen molar-refractivity contribution in [2.75, 3.05) is 0 Å². The van der Waals surface area contributed by atoms with Gasteiger partial charge in [0.05, 0.1) is 4.88 Å². The van der Waals surface area contributed by atoms with Gasteiger partial charge in [0.2, 0.25) is 0 Å². The van der Waals surface area contributed by atoms with Gasteiger partial charge in [-0.1, -0.05) is 66.7 Å². The highest BCUT2D eigenvalue weighted by Crippen LogP contribution is 2.27. The molecule has 5 rings (SSSR count). The molecule has 4 N–H and O–H groups in total. The first-order chi connectivity index (χ1) is 19.1. The highest BCUT2D eigenvalue weighted by Gasteiger charge is 2.26. The average Bonchev–Trinajstić information content (AvgIpc) is 3.64. The van der Waals surface area contributed by atoms with E-state index in [1.54, 1.807) is 11.5 Å². The minimum atomic E-state index is -0.497. The van der Waals surface area contributed by atoms with Crippen LogP contribution < -0.4 is 16.1 Å². The van der Waals surface area contributed by atoms with Crippen molar-refractivity contribution in [3.63, 3.8) is 0 Å². The smallest absolute Gasteiger partial charge is 0.328 e. The lowest BCUT2D eigenvalue weighted by Gasteiger charge is -2.21. The van der Waals surface area contributed by atoms with Crippen LogP contribution in [0.5, 0.6) is 0 Å². The Balaban J connectivity index is 1.14. The number of hydrogen-bond donors (Lipinski definition) is 4. The average molecular weight is 544 g/mol. The molecule has 3 aromatic carbocycles. The number of thiophene rings is 1. The van der Waals surface area contributed by atoms with Crippen LogP contribution in [0, 0.1) is 0 Å². The summed E-state index contributed by atoms with van der Waals surface area (Å²) < 4.78 is 6.83. The Labute approximate surface area is 232 Å². The van der Waals surface area contributed by atoms with Crippen molar-refractivity contribution < 1.29 is 19.5 Å². The van der Waals surface area contributed by atoms with Crippen molar-refractivity contribution >= 4 is 33.3 Å². The first-order valence-electron chi connectivity index (χ1n) is 13.3. The topological polar surface area (TPSA) is 99.7 Å². The van der Waals surface area contributed by atoms with Crippen LogP contribution in [-0.4, -0.2) is 23.2 Å². The Bertz CT molecular complexity index is 1400. The monoisotopic (exact) mass is 543 g/mol. The number of hydroxylamine groups is 1. The van der Waals surface area contributed by atoms with E-state index in [0.717, 1.165) is 58.0 Å². The summed E-state index contributed by atoms with van der Waals surface area (Å²) >= 11 is 1.36. The lowest BCUT2D eigenvalue weighted by atomic mass is 10.1. The maximum Gasteiger partial charge on any atom is 0.328 e. The van der Waals surface area contributed by atoms with E-state index in [1.165, 1.54) is 11.3 Å². The summed E-state index contributed by atoms with van der Waals surface area (Å²) in [6.07, 6.45) is 4.19. The van der Waals surface area contributed by atoms with Gasteiger partial charge in [-0.05, 0) is 65.5 Å². The summed E-state index contributed by atoms with van der Waals surface area (Å²) in [5.74, 6) is -0.698. The third kappa shape index (κ3) is 7.10. The normalized spacial score (nSPS) is 14.4. The number of amides is 1. The van der Waals surface area contributed by atoms with Gasteiger partial charge in [-0.3, -0.25) is 15.3 Å². The molecule has 8 heteroatoms. The fourth-order valence-electron chi connectivity index (χ4n) is 4.92. The predicted octanol–water partition coefficient (Wildman–Crippen LogP) is 5.63. The fraction of sp³-hybridized carbons (Fsp3) is 0.290. The number of nitrogens with one attached hydrogen (secondary N) is 3. The second kappa shape index (κ2) is 13.0. The zero-order valence-corrected chi connectivity index (χ0v) is 22.5. The summed E-state index contributed by atoms with van der Waals surface area (Å²) in [6.45, 7) is 1.97. The fourth-order valence-corrected chi connectivity index (χ4v) is 5.94. The molecule has 1 unspecified atom stereocenters. The molecule has 4 aromatic rings. The maximum atomic E-state index is 13.0. The maximum absolute atomic E-state index is 13.0. The Morgan fingerprint density at radius 3 is 2.26 bits per heavy atom. The molecule has 0 aliphatic heterocycles. The summed E-state index contributed by atoms with van der Waals surface area (Å²) in [4.78, 5) is 25.2. The van der Waals surface area contributed by atoms with E-state index in [9.17, 15) is 9.59 Å². The molecule has 1 fully saturated rings. The van der Waals surface area contributed by atoms with E-state index >= 15 is 0 Å². The van der Waals surface area contributed by atoms with Crippen LogP contribution in [0.4, 0.5) is 0 Å². The van der Waals surface area contributed by atoms with E-state index in [1.807, 2.05) is 42.5 Å². The van der Waals surface area contributed by atoms with Crippen LogP contribution in [0.2, 0.25) is 0 Å². The number of carbonyl (C=O) groups excluding carboxylic acids is 2. The number of fused-ring (bicyclic) bond motifs is 1. The quantitative estimate of drug-likeness (QED) is 0.111. The second-order valence-electron chi connectivity index (χ2n) is 9.91. The van der Waals surface area contributed by atoms with Crippen molar-refractivity contribution in [2.24, 2.45) is 0 Å². The van der Waals surface area contributed by atoms with Crippen LogP contribution in [0.1, 0.15) is 63.7 Å². The number of carbonyl (C=O) groups is 2. The number of benzene rings is 3. The van der Waals surface area contributed by atoms with Crippen molar-refractivity contribution in [1.29, 1.82) is 0 Å². The summed E-state index contributed by atoms with van der Waals surface area (Å²) in [7, 11) is 0. The molecule has 1 heterocycles. The summed E-state index contributed by atoms with van der Waals surface area (Å²) in [5.41, 5.74) is 5.98. The lowest BCUT2D eigenvalue weighted by Crippen LogP contribution is -2.32. The largest absolute Gasteiger partial charge is 0.461 e. The molecule has 202 valence electrons. The van der Waals surface area contributed by atoms with Crippen molar-refractivity contribution in [1.82, 2.24) is 16.1 Å². The molecule has 1 atom stereocenters. The van der Waals surface area contributed by atoms with Crippen LogP contribution in [-0.2, 0) is 29.2 Å². The van der Waals surface area contributed by atoms with Gasteiger partial charge in [0.25, 0.3) is 5.91 Å². The molecule has 1 aliphatic carbocycles. The molecule has 0 spiro atoms. The minimum absolute atomic E-state index is 0.0368. The molecular formula is C31H33N3O4S. The number of rotatable bonds is 11. The van der Waals surface area contributed by atoms with Crippen molar-refractivity contribution in [3.8, 4) is 0 Å². The van der Waals surface area contributed by atoms with Crippen LogP contribution in [0.25, 0.3) is 10.1 Å². The SMILES string of the molecule is O=C(NO)c1cc2ccc(CNCc3ccc(CNC(C(=O)OC4CCCC4)c4ccccc4)cc3)cc2s1. The van der Waals surface area contributed by atoms with Gasteiger partial charge >= 0.3 is 5.97 Å². The Kier molecular flexibility index (Phi) is 9.00. The highest BCUT2D eigenvalue weighted by molar-refractivity contribution is 7.20. The summed E-state index contributed by atoms with van der Waals surface area (Å²) in [6, 6.07) is 25.5. The van der Waals surface area contributed by atoms with Gasteiger partial charge in [-0.2, -0.15) is 0 Å². The molecule has 7 nitrogen and oxygen atoms in total. The highest BCUT2D eigenvalue weighted by atomic mass is 32.1. The van der Waals surface area contributed by atoms with Gasteiger partial charge in [-0.15, -0.1) is 11.3 Å². The molecule has 1 aliphatic rings. The zero-order valence-electron chi connectivity index (χ0n) is 21.7. The zero-order chi connectivity index (χ0) is 27.0. The second-order valence-corrected chi connectivity index (χ2v) is 11.0. The van der Waals surface area contributed by atoms with Gasteiger partial charge in [-0.25, -0.2) is 10.3 Å². The van der Waals surface area contributed by atoms with E-state index in [2.05, 4.69) is 41.0 Å².